The van der Waals surface area contributed by atoms with Crippen molar-refractivity contribution >= 4 is 5.91 Å². The van der Waals surface area contributed by atoms with E-state index in [1.165, 1.54) is 25.7 Å². The number of benzene rings is 1. The van der Waals surface area contributed by atoms with Crippen LogP contribution in [0.5, 0.6) is 0 Å². The minimum atomic E-state index is -0.338. The lowest BCUT2D eigenvalue weighted by molar-refractivity contribution is 0.0904. The average Bonchev–Trinajstić information content (AvgIpc) is 3.32. The first kappa shape index (κ1) is 21.2. The van der Waals surface area contributed by atoms with Gasteiger partial charge >= 0.3 is 11.8 Å². The Hall–Kier alpha value is -3.00. The maximum atomic E-state index is 12.5. The molecular formula is C23H30N6O2. The van der Waals surface area contributed by atoms with Crippen LogP contribution in [-0.4, -0.2) is 56.4 Å². The molecule has 4 rings (SSSR count). The summed E-state index contributed by atoms with van der Waals surface area (Å²) in [5.41, 5.74) is 2.45. The Labute approximate surface area is 182 Å². The molecule has 1 aliphatic rings. The molecule has 0 radical (unpaired) electrons. The monoisotopic (exact) mass is 422 g/mol. The largest absolute Gasteiger partial charge is 0.348 e. The Bertz CT molecular complexity index is 989. The molecule has 3 heterocycles. The van der Waals surface area contributed by atoms with Gasteiger partial charge in [0.2, 0.25) is 5.82 Å². The Morgan fingerprint density at radius 2 is 1.90 bits per heavy atom. The van der Waals surface area contributed by atoms with Crippen LogP contribution < -0.4 is 5.32 Å². The van der Waals surface area contributed by atoms with Crippen LogP contribution in [0, 0.1) is 6.92 Å². The summed E-state index contributed by atoms with van der Waals surface area (Å²) in [7, 11) is 0. The molecule has 8 nitrogen and oxygen atoms in total. The molecule has 164 valence electrons. The number of hydrogen-bond donors (Lipinski definition) is 1. The second kappa shape index (κ2) is 9.87. The predicted octanol–water partition coefficient (Wildman–Crippen LogP) is 3.62. The van der Waals surface area contributed by atoms with E-state index < -0.39 is 0 Å². The molecule has 0 bridgehead atoms. The van der Waals surface area contributed by atoms with Crippen LogP contribution in [-0.2, 0) is 0 Å². The number of nitrogens with one attached hydrogen (secondary N) is 1. The van der Waals surface area contributed by atoms with Crippen LogP contribution in [0.25, 0.3) is 17.1 Å². The molecule has 1 fully saturated rings. The third kappa shape index (κ3) is 5.19. The minimum absolute atomic E-state index is 0.0238. The summed E-state index contributed by atoms with van der Waals surface area (Å²) in [5, 5.41) is 11.4. The van der Waals surface area contributed by atoms with Crippen molar-refractivity contribution in [3.8, 4) is 17.1 Å². The van der Waals surface area contributed by atoms with E-state index in [0.717, 1.165) is 36.5 Å². The van der Waals surface area contributed by atoms with Crippen molar-refractivity contribution in [2.45, 2.75) is 52.0 Å². The van der Waals surface area contributed by atoms with Gasteiger partial charge in [-0.2, -0.15) is 10.1 Å². The lowest BCUT2D eigenvalue weighted by atomic mass is 10.2. The molecule has 3 aromatic rings. The molecular weight excluding hydrogens is 392 g/mol. The molecule has 1 saturated heterocycles. The van der Waals surface area contributed by atoms with Crippen LogP contribution >= 0.6 is 0 Å². The van der Waals surface area contributed by atoms with Crippen LogP contribution in [0.4, 0.5) is 0 Å². The number of para-hydroxylation sites is 1. The standard InChI is InChI=1S/C23H30N6O2/c1-17(28-14-8-3-4-9-15-28)12-13-24-22(30)23-25-21(27-31-23)20-16-29(26-18(20)2)19-10-6-5-7-11-19/h5-7,10-11,16-17H,3-4,8-9,12-15H2,1-2H3,(H,24,30)/t17-/m0/s1. The highest BCUT2D eigenvalue weighted by atomic mass is 16.5. The van der Waals surface area contributed by atoms with Crippen molar-refractivity contribution in [3.63, 3.8) is 0 Å². The molecule has 31 heavy (non-hydrogen) atoms. The van der Waals surface area contributed by atoms with E-state index >= 15 is 0 Å². The second-order valence-corrected chi connectivity index (χ2v) is 8.18. The second-order valence-electron chi connectivity index (χ2n) is 8.18. The van der Waals surface area contributed by atoms with Crippen molar-refractivity contribution in [2.75, 3.05) is 19.6 Å². The van der Waals surface area contributed by atoms with Crippen LogP contribution in [0.1, 0.15) is 55.4 Å². The summed E-state index contributed by atoms with van der Waals surface area (Å²) in [4.78, 5) is 19.3. The molecule has 1 amide bonds. The molecule has 1 aromatic carbocycles. The fourth-order valence-electron chi connectivity index (χ4n) is 4.01. The third-order valence-electron chi connectivity index (χ3n) is 5.89. The number of aryl methyl sites for hydroxylation is 1. The van der Waals surface area contributed by atoms with E-state index in [2.05, 4.69) is 32.4 Å². The fourth-order valence-corrected chi connectivity index (χ4v) is 4.01. The maximum absolute atomic E-state index is 12.5. The van der Waals surface area contributed by atoms with Crippen molar-refractivity contribution in [1.82, 2.24) is 30.1 Å². The molecule has 0 saturated carbocycles. The Balaban J connectivity index is 1.34. The van der Waals surface area contributed by atoms with Gasteiger partial charge in [0.15, 0.2) is 0 Å². The Morgan fingerprint density at radius 1 is 1.16 bits per heavy atom. The van der Waals surface area contributed by atoms with Gasteiger partial charge in [-0.25, -0.2) is 4.68 Å². The number of rotatable bonds is 7. The van der Waals surface area contributed by atoms with Crippen LogP contribution in [0.2, 0.25) is 0 Å². The molecule has 8 heteroatoms. The fraction of sp³-hybridized carbons (Fsp3) is 0.478. The first-order chi connectivity index (χ1) is 15.1. The van der Waals surface area contributed by atoms with Gasteiger partial charge in [0.25, 0.3) is 0 Å². The Morgan fingerprint density at radius 3 is 2.65 bits per heavy atom. The van der Waals surface area contributed by atoms with Crippen molar-refractivity contribution in [1.29, 1.82) is 0 Å². The van der Waals surface area contributed by atoms with Gasteiger partial charge in [0, 0.05) is 18.8 Å². The average molecular weight is 423 g/mol. The van der Waals surface area contributed by atoms with Crippen LogP contribution in [0.15, 0.2) is 41.1 Å². The number of carbonyl (C=O) groups is 1. The van der Waals surface area contributed by atoms with Crippen molar-refractivity contribution in [2.24, 2.45) is 0 Å². The lowest BCUT2D eigenvalue weighted by Crippen LogP contribution is -2.37. The first-order valence-corrected chi connectivity index (χ1v) is 11.1. The predicted molar refractivity (Wildman–Crippen MR) is 118 cm³/mol. The SMILES string of the molecule is Cc1nn(-c2ccccc2)cc1-c1noc(C(=O)NCC[C@H](C)N2CCCCCC2)n1. The highest BCUT2D eigenvalue weighted by Crippen LogP contribution is 2.21. The van der Waals surface area contributed by atoms with Gasteiger partial charge in [-0.15, -0.1) is 0 Å². The zero-order valence-electron chi connectivity index (χ0n) is 18.3. The maximum Gasteiger partial charge on any atom is 0.316 e. The van der Waals surface area contributed by atoms with Gasteiger partial charge in [0.1, 0.15) is 0 Å². The third-order valence-corrected chi connectivity index (χ3v) is 5.89. The number of hydrogen-bond acceptors (Lipinski definition) is 6. The number of likely N-dealkylation sites (tertiary alicyclic amines) is 1. The van der Waals surface area contributed by atoms with Crippen LogP contribution in [0.3, 0.4) is 0 Å². The number of amides is 1. The smallest absolute Gasteiger partial charge is 0.316 e. The molecule has 1 N–H and O–H groups in total. The van der Waals surface area contributed by atoms with Gasteiger partial charge in [-0.05, 0) is 58.3 Å². The van der Waals surface area contributed by atoms with E-state index in [1.54, 1.807) is 4.68 Å². The van der Waals surface area contributed by atoms with Gasteiger partial charge < -0.3 is 14.7 Å². The highest BCUT2D eigenvalue weighted by Gasteiger charge is 2.20. The van der Waals surface area contributed by atoms with Crippen molar-refractivity contribution in [3.05, 3.63) is 48.1 Å². The quantitative estimate of drug-likeness (QED) is 0.626. The number of aromatic nitrogens is 4. The summed E-state index contributed by atoms with van der Waals surface area (Å²) >= 11 is 0. The normalized spacial score (nSPS) is 16.1. The summed E-state index contributed by atoms with van der Waals surface area (Å²) < 4.78 is 6.99. The zero-order chi connectivity index (χ0) is 21.6. The van der Waals surface area contributed by atoms with Crippen molar-refractivity contribution < 1.29 is 9.32 Å². The molecule has 1 aliphatic heterocycles. The first-order valence-electron chi connectivity index (χ1n) is 11.1. The number of carbonyl (C=O) groups excluding carboxylic acids is 1. The van der Waals surface area contributed by atoms with E-state index in [1.807, 2.05) is 43.5 Å². The molecule has 1 atom stereocenters. The lowest BCUT2D eigenvalue weighted by Gasteiger charge is -2.27. The summed E-state index contributed by atoms with van der Waals surface area (Å²) in [5.74, 6) is 0.00183. The molecule has 0 unspecified atom stereocenters. The topological polar surface area (TPSA) is 89.1 Å². The Kier molecular flexibility index (Phi) is 6.76. The number of nitrogens with zero attached hydrogens (tertiary/aromatic N) is 5. The van der Waals surface area contributed by atoms with E-state index in [0.29, 0.717) is 18.4 Å². The minimum Gasteiger partial charge on any atom is -0.348 e. The van der Waals surface area contributed by atoms with Gasteiger partial charge in [0.05, 0.1) is 16.9 Å². The van der Waals surface area contributed by atoms with E-state index in [4.69, 9.17) is 4.52 Å². The zero-order valence-corrected chi connectivity index (χ0v) is 18.3. The van der Waals surface area contributed by atoms with E-state index in [9.17, 15) is 4.79 Å². The summed E-state index contributed by atoms with van der Waals surface area (Å²) in [6.45, 7) is 7.00. The highest BCUT2D eigenvalue weighted by molar-refractivity contribution is 5.89. The van der Waals surface area contributed by atoms with E-state index in [-0.39, 0.29) is 11.8 Å². The molecule has 0 aliphatic carbocycles. The summed E-state index contributed by atoms with van der Waals surface area (Å²) in [6, 6.07) is 10.3. The molecule has 2 aromatic heterocycles. The summed E-state index contributed by atoms with van der Waals surface area (Å²) in [6.07, 6.45) is 7.92. The van der Waals surface area contributed by atoms with Gasteiger partial charge in [-0.3, -0.25) is 4.79 Å². The molecule has 0 spiro atoms. The van der Waals surface area contributed by atoms with Gasteiger partial charge in [-0.1, -0.05) is 36.2 Å².